The van der Waals surface area contributed by atoms with Crippen molar-refractivity contribution in [2.75, 3.05) is 6.54 Å². The summed E-state index contributed by atoms with van der Waals surface area (Å²) in [6.45, 7) is 4.99. The summed E-state index contributed by atoms with van der Waals surface area (Å²) in [6, 6.07) is 17.1. The Morgan fingerprint density at radius 1 is 1.00 bits per heavy atom. The summed E-state index contributed by atoms with van der Waals surface area (Å²) in [5.41, 5.74) is 2.53. The number of nitrogens with zero attached hydrogens (tertiary/aromatic N) is 2. The first-order chi connectivity index (χ1) is 17.2. The summed E-state index contributed by atoms with van der Waals surface area (Å²) >= 11 is 0.777. The average molecular weight is 506 g/mol. The number of thioether (sulfide) groups is 1. The Labute approximate surface area is 213 Å². The molecular weight excluding hydrogens is 478 g/mol. The highest BCUT2D eigenvalue weighted by Gasteiger charge is 2.37. The van der Waals surface area contributed by atoms with Crippen LogP contribution in [0.2, 0.25) is 0 Å². The van der Waals surface area contributed by atoms with Crippen LogP contribution in [0.5, 0.6) is 0 Å². The predicted molar refractivity (Wildman–Crippen MR) is 139 cm³/mol. The fourth-order valence-electron chi connectivity index (χ4n) is 3.99. The second-order valence-corrected chi connectivity index (χ2v) is 9.73. The molecule has 1 saturated heterocycles. The van der Waals surface area contributed by atoms with Crippen LogP contribution in [0, 0.1) is 0 Å². The van der Waals surface area contributed by atoms with Gasteiger partial charge in [0, 0.05) is 22.7 Å². The van der Waals surface area contributed by atoms with E-state index in [0.717, 1.165) is 33.1 Å². The molecule has 3 aromatic rings. The van der Waals surface area contributed by atoms with Crippen LogP contribution in [0.1, 0.15) is 37.9 Å². The lowest BCUT2D eigenvalue weighted by Gasteiger charge is -2.15. The van der Waals surface area contributed by atoms with Crippen LogP contribution in [0.3, 0.4) is 0 Å². The smallest absolute Gasteiger partial charge is 0.326 e. The molecule has 1 aliphatic heterocycles. The largest absolute Gasteiger partial charge is 0.462 e. The molecule has 8 nitrogen and oxygen atoms in total. The molecule has 0 spiro atoms. The summed E-state index contributed by atoms with van der Waals surface area (Å²) in [4.78, 5) is 51.1. The Morgan fingerprint density at radius 2 is 1.69 bits per heavy atom. The molecule has 1 aliphatic rings. The van der Waals surface area contributed by atoms with Crippen molar-refractivity contribution in [1.82, 2.24) is 14.8 Å². The fourth-order valence-corrected chi connectivity index (χ4v) is 4.82. The monoisotopic (exact) mass is 505 g/mol. The van der Waals surface area contributed by atoms with Gasteiger partial charge >= 0.3 is 5.97 Å². The number of benzene rings is 2. The maximum atomic E-state index is 12.9. The normalized spacial score (nSPS) is 15.7. The van der Waals surface area contributed by atoms with Crippen molar-refractivity contribution in [2.45, 2.75) is 39.5 Å². The maximum absolute atomic E-state index is 12.9. The van der Waals surface area contributed by atoms with E-state index in [1.165, 1.54) is 0 Å². The zero-order valence-electron chi connectivity index (χ0n) is 20.3. The van der Waals surface area contributed by atoms with E-state index in [-0.39, 0.29) is 29.5 Å². The Morgan fingerprint density at radius 3 is 2.42 bits per heavy atom. The predicted octanol–water partition coefficient (Wildman–Crippen LogP) is 4.51. The van der Waals surface area contributed by atoms with Crippen LogP contribution in [0.25, 0.3) is 17.0 Å². The minimum absolute atomic E-state index is 0.0913. The minimum atomic E-state index is -0.638. The van der Waals surface area contributed by atoms with Crippen molar-refractivity contribution in [3.8, 4) is 0 Å². The van der Waals surface area contributed by atoms with Crippen molar-refractivity contribution in [3.05, 3.63) is 76.8 Å². The molecule has 1 atom stereocenters. The van der Waals surface area contributed by atoms with Gasteiger partial charge < -0.3 is 14.6 Å². The summed E-state index contributed by atoms with van der Waals surface area (Å²) in [5.74, 6) is -1.33. The van der Waals surface area contributed by atoms with Gasteiger partial charge in [0.05, 0.1) is 17.1 Å². The second-order valence-electron chi connectivity index (χ2n) is 8.74. The van der Waals surface area contributed by atoms with Gasteiger partial charge in [-0.2, -0.15) is 0 Å². The molecule has 3 amide bonds. The van der Waals surface area contributed by atoms with E-state index in [0.29, 0.717) is 5.56 Å². The van der Waals surface area contributed by atoms with Crippen molar-refractivity contribution >= 4 is 51.8 Å². The molecule has 186 valence electrons. The Hall–Kier alpha value is -3.85. The number of amides is 3. The Kier molecular flexibility index (Phi) is 7.59. The first-order valence-corrected chi connectivity index (χ1v) is 12.4. The van der Waals surface area contributed by atoms with E-state index >= 15 is 0 Å². The third-order valence-corrected chi connectivity index (χ3v) is 6.53. The minimum Gasteiger partial charge on any atom is -0.462 e. The van der Waals surface area contributed by atoms with Crippen LogP contribution >= 0.6 is 11.8 Å². The number of carbonyl (C=O) groups excluding carboxylic acids is 4. The average Bonchev–Trinajstić information content (AvgIpc) is 3.31. The highest BCUT2D eigenvalue weighted by molar-refractivity contribution is 8.18. The van der Waals surface area contributed by atoms with Gasteiger partial charge in [-0.25, -0.2) is 0 Å². The number of ether oxygens (including phenoxy) is 1. The van der Waals surface area contributed by atoms with Crippen LogP contribution in [0.15, 0.2) is 65.7 Å². The lowest BCUT2D eigenvalue weighted by atomic mass is 10.1. The number of esters is 1. The lowest BCUT2D eigenvalue weighted by Crippen LogP contribution is -2.35. The molecule has 1 fully saturated rings. The number of rotatable bonds is 8. The molecule has 36 heavy (non-hydrogen) atoms. The van der Waals surface area contributed by atoms with Gasteiger partial charge in [-0.15, -0.1) is 0 Å². The van der Waals surface area contributed by atoms with E-state index in [4.69, 9.17) is 4.74 Å². The van der Waals surface area contributed by atoms with Crippen molar-refractivity contribution in [2.24, 2.45) is 0 Å². The van der Waals surface area contributed by atoms with E-state index in [2.05, 4.69) is 5.32 Å². The van der Waals surface area contributed by atoms with Crippen LogP contribution in [-0.2, 0) is 25.7 Å². The van der Waals surface area contributed by atoms with Gasteiger partial charge in [0.1, 0.15) is 13.1 Å². The van der Waals surface area contributed by atoms with Gasteiger partial charge in [0.2, 0.25) is 5.91 Å². The number of fused-ring (bicyclic) bond motifs is 1. The van der Waals surface area contributed by atoms with Crippen molar-refractivity contribution in [1.29, 1.82) is 0 Å². The molecule has 2 heterocycles. The molecule has 9 heteroatoms. The standard InChI is InChI=1S/C27H27N3O5S/c1-17(2)35-25(32)16-30-26(33)23(36-27(30)34)13-20-14-29(22-12-8-7-11-21(20)22)15-24(31)28-18(3)19-9-5-4-6-10-19/h4-14,17-18H,15-16H2,1-3H3,(H,28,31)/b23-13-. The number of carbonyl (C=O) groups is 4. The Balaban J connectivity index is 1.54. The molecule has 1 N–H and O–H groups in total. The van der Waals surface area contributed by atoms with E-state index < -0.39 is 23.7 Å². The zero-order valence-corrected chi connectivity index (χ0v) is 21.1. The van der Waals surface area contributed by atoms with Gasteiger partial charge in [0.15, 0.2) is 0 Å². The summed E-state index contributed by atoms with van der Waals surface area (Å²) < 4.78 is 6.88. The molecule has 1 aromatic heterocycles. The summed E-state index contributed by atoms with van der Waals surface area (Å²) in [6.07, 6.45) is 3.08. The first-order valence-electron chi connectivity index (χ1n) is 11.6. The second kappa shape index (κ2) is 10.8. The molecule has 2 aromatic carbocycles. The number of nitrogens with one attached hydrogen (secondary N) is 1. The van der Waals surface area contributed by atoms with Gasteiger partial charge in [-0.1, -0.05) is 48.5 Å². The summed E-state index contributed by atoms with van der Waals surface area (Å²) in [5, 5.41) is 3.33. The topological polar surface area (TPSA) is 97.7 Å². The first kappa shape index (κ1) is 25.2. The number of imide groups is 1. The van der Waals surface area contributed by atoms with E-state index in [1.807, 2.05) is 66.1 Å². The van der Waals surface area contributed by atoms with E-state index in [9.17, 15) is 19.2 Å². The molecule has 0 saturated carbocycles. The maximum Gasteiger partial charge on any atom is 0.326 e. The number of para-hydroxylation sites is 1. The number of hydrogen-bond donors (Lipinski definition) is 1. The van der Waals surface area contributed by atoms with Gasteiger partial charge in [0.25, 0.3) is 11.1 Å². The lowest BCUT2D eigenvalue weighted by molar-refractivity contribution is -0.149. The quantitative estimate of drug-likeness (QED) is 0.357. The molecule has 0 radical (unpaired) electrons. The van der Waals surface area contributed by atoms with E-state index in [1.54, 1.807) is 26.1 Å². The zero-order chi connectivity index (χ0) is 25.8. The highest BCUT2D eigenvalue weighted by atomic mass is 32.2. The molecule has 4 rings (SSSR count). The van der Waals surface area contributed by atoms with Crippen molar-refractivity contribution in [3.63, 3.8) is 0 Å². The summed E-state index contributed by atoms with van der Waals surface area (Å²) in [7, 11) is 0. The van der Waals surface area contributed by atoms with Crippen LogP contribution in [-0.4, -0.2) is 45.1 Å². The van der Waals surface area contributed by atoms with Gasteiger partial charge in [-0.05, 0) is 50.2 Å². The number of aromatic nitrogens is 1. The highest BCUT2D eigenvalue weighted by Crippen LogP contribution is 2.34. The van der Waals surface area contributed by atoms with Crippen molar-refractivity contribution < 1.29 is 23.9 Å². The third-order valence-electron chi connectivity index (χ3n) is 5.62. The van der Waals surface area contributed by atoms with Crippen LogP contribution in [0.4, 0.5) is 4.79 Å². The third kappa shape index (κ3) is 5.68. The molecular formula is C27H27N3O5S. The SMILES string of the molecule is CC(C)OC(=O)CN1C(=O)S/C(=C\c2cn(CC(=O)NC(C)c3ccccc3)c3ccccc23)C1=O. The number of hydrogen-bond acceptors (Lipinski definition) is 6. The molecule has 0 aliphatic carbocycles. The van der Waals surface area contributed by atoms with Crippen LogP contribution < -0.4 is 5.32 Å². The van der Waals surface area contributed by atoms with Gasteiger partial charge in [-0.3, -0.25) is 24.1 Å². The fraction of sp³-hybridized carbons (Fsp3) is 0.259. The molecule has 1 unspecified atom stereocenters. The Bertz CT molecular complexity index is 1350. The molecule has 0 bridgehead atoms.